The average molecular weight is 395 g/mol. The number of benzene rings is 2. The van der Waals surface area contributed by atoms with Crippen LogP contribution >= 0.6 is 11.6 Å². The van der Waals surface area contributed by atoms with Crippen LogP contribution in [-0.2, 0) is 0 Å². The maximum atomic E-state index is 12.6. The molecule has 1 amide bonds. The maximum Gasteiger partial charge on any atom is 0.255 e. The minimum Gasteiger partial charge on any atom is -0.372 e. The molecule has 0 atom stereocenters. The third kappa shape index (κ3) is 3.62. The number of nitrogens with zero attached hydrogens (tertiary/aromatic N) is 3. The van der Waals surface area contributed by atoms with Crippen molar-refractivity contribution < 1.29 is 4.79 Å². The molecule has 3 aromatic rings. The number of carbonyl (C=O) groups is 1. The molecule has 0 spiro atoms. The maximum absolute atomic E-state index is 12.6. The summed E-state index contributed by atoms with van der Waals surface area (Å²) in [5.41, 5.74) is 5.15. The van der Waals surface area contributed by atoms with Gasteiger partial charge >= 0.3 is 0 Å². The molecule has 28 heavy (non-hydrogen) atoms. The topological polar surface area (TPSA) is 50.2 Å². The van der Waals surface area contributed by atoms with Gasteiger partial charge in [0.25, 0.3) is 5.91 Å². The molecular weight excluding hydrogens is 372 g/mol. The van der Waals surface area contributed by atoms with E-state index in [-0.39, 0.29) is 5.91 Å². The molecule has 144 valence electrons. The van der Waals surface area contributed by atoms with E-state index in [2.05, 4.69) is 27.4 Å². The summed E-state index contributed by atoms with van der Waals surface area (Å²) in [6.45, 7) is 6.02. The number of halogens is 1. The number of nitrogens with one attached hydrogen (secondary N) is 1. The summed E-state index contributed by atoms with van der Waals surface area (Å²) < 4.78 is 1.79. The second-order valence-corrected chi connectivity index (χ2v) is 7.52. The van der Waals surface area contributed by atoms with Gasteiger partial charge in [0.1, 0.15) is 0 Å². The lowest BCUT2D eigenvalue weighted by atomic mass is 10.2. The van der Waals surface area contributed by atoms with Crippen LogP contribution in [0.1, 0.15) is 34.6 Å². The smallest absolute Gasteiger partial charge is 0.255 e. The van der Waals surface area contributed by atoms with Gasteiger partial charge in [0.05, 0.1) is 22.1 Å². The van der Waals surface area contributed by atoms with Gasteiger partial charge in [-0.25, -0.2) is 4.68 Å². The summed E-state index contributed by atoms with van der Waals surface area (Å²) in [5, 5.41) is 8.07. The second-order valence-electron chi connectivity index (χ2n) is 7.14. The van der Waals surface area contributed by atoms with Crippen molar-refractivity contribution in [1.29, 1.82) is 0 Å². The number of aromatic nitrogens is 2. The van der Waals surface area contributed by atoms with Crippen molar-refractivity contribution in [3.05, 3.63) is 70.5 Å². The van der Waals surface area contributed by atoms with E-state index < -0.39 is 0 Å². The van der Waals surface area contributed by atoms with E-state index in [0.717, 1.165) is 35.9 Å². The molecule has 1 aromatic heterocycles. The van der Waals surface area contributed by atoms with Gasteiger partial charge in [-0.2, -0.15) is 5.10 Å². The second kappa shape index (κ2) is 7.68. The van der Waals surface area contributed by atoms with Crippen LogP contribution in [0.5, 0.6) is 0 Å². The molecule has 0 radical (unpaired) electrons. The minimum atomic E-state index is -0.133. The first-order chi connectivity index (χ1) is 13.5. The standard InChI is InChI=1S/C22H23ClN4O/c1-15-21(23)16(2)27(25-15)20-9-5-17(6-10-20)22(28)24-18-7-11-19(12-8-18)26-13-3-4-14-26/h5-12H,3-4,13-14H2,1-2H3,(H,24,28). The summed E-state index contributed by atoms with van der Waals surface area (Å²) in [6, 6.07) is 15.4. The highest BCUT2D eigenvalue weighted by molar-refractivity contribution is 6.31. The lowest BCUT2D eigenvalue weighted by Crippen LogP contribution is -2.17. The molecule has 0 saturated carbocycles. The van der Waals surface area contributed by atoms with Crippen molar-refractivity contribution >= 4 is 28.9 Å². The highest BCUT2D eigenvalue weighted by atomic mass is 35.5. The Hall–Kier alpha value is -2.79. The summed E-state index contributed by atoms with van der Waals surface area (Å²) in [5.74, 6) is -0.133. The molecule has 0 unspecified atom stereocenters. The normalized spacial score (nSPS) is 13.8. The van der Waals surface area contributed by atoms with E-state index in [1.165, 1.54) is 18.5 Å². The van der Waals surface area contributed by atoms with E-state index in [4.69, 9.17) is 11.6 Å². The highest BCUT2D eigenvalue weighted by Crippen LogP contribution is 2.24. The Kier molecular flexibility index (Phi) is 5.09. The fraction of sp³-hybridized carbons (Fsp3) is 0.273. The predicted molar refractivity (Wildman–Crippen MR) is 114 cm³/mol. The van der Waals surface area contributed by atoms with E-state index in [1.807, 2.05) is 38.1 Å². The number of aryl methyl sites for hydroxylation is 1. The first kappa shape index (κ1) is 18.6. The monoisotopic (exact) mass is 394 g/mol. The molecule has 1 saturated heterocycles. The molecule has 6 heteroatoms. The average Bonchev–Trinajstić information content (AvgIpc) is 3.34. The van der Waals surface area contributed by atoms with Gasteiger partial charge in [-0.15, -0.1) is 0 Å². The summed E-state index contributed by atoms with van der Waals surface area (Å²) >= 11 is 6.22. The van der Waals surface area contributed by atoms with Crippen LogP contribution in [0.4, 0.5) is 11.4 Å². The van der Waals surface area contributed by atoms with Crippen molar-refractivity contribution in [3.8, 4) is 5.69 Å². The highest BCUT2D eigenvalue weighted by Gasteiger charge is 2.13. The number of amides is 1. The SMILES string of the molecule is Cc1nn(-c2ccc(C(=O)Nc3ccc(N4CCCC4)cc3)cc2)c(C)c1Cl. The Labute approximate surface area is 169 Å². The van der Waals surface area contributed by atoms with Crippen molar-refractivity contribution in [2.45, 2.75) is 26.7 Å². The van der Waals surface area contributed by atoms with Crippen LogP contribution < -0.4 is 10.2 Å². The van der Waals surface area contributed by atoms with Crippen molar-refractivity contribution in [2.24, 2.45) is 0 Å². The fourth-order valence-corrected chi connectivity index (χ4v) is 3.68. The summed E-state index contributed by atoms with van der Waals surface area (Å²) in [4.78, 5) is 14.9. The summed E-state index contributed by atoms with van der Waals surface area (Å²) in [6.07, 6.45) is 2.50. The molecular formula is C22H23ClN4O. The van der Waals surface area contributed by atoms with Crippen LogP contribution in [-0.4, -0.2) is 28.8 Å². The zero-order valence-electron chi connectivity index (χ0n) is 16.1. The van der Waals surface area contributed by atoms with Crippen molar-refractivity contribution in [2.75, 3.05) is 23.3 Å². The lowest BCUT2D eigenvalue weighted by molar-refractivity contribution is 0.102. The Morgan fingerprint density at radius 2 is 1.57 bits per heavy atom. The molecule has 4 rings (SSSR count). The predicted octanol–water partition coefficient (Wildman–Crippen LogP) is 5.00. The first-order valence-corrected chi connectivity index (χ1v) is 9.89. The molecule has 0 aliphatic carbocycles. The largest absolute Gasteiger partial charge is 0.372 e. The Bertz CT molecular complexity index is 987. The number of hydrogen-bond donors (Lipinski definition) is 1. The summed E-state index contributed by atoms with van der Waals surface area (Å²) in [7, 11) is 0. The molecule has 1 aliphatic heterocycles. The van der Waals surface area contributed by atoms with Gasteiger partial charge < -0.3 is 10.2 Å². The van der Waals surface area contributed by atoms with Crippen LogP contribution in [0.3, 0.4) is 0 Å². The van der Waals surface area contributed by atoms with Crippen LogP contribution in [0.15, 0.2) is 48.5 Å². The fourth-order valence-electron chi connectivity index (χ4n) is 3.56. The number of carbonyl (C=O) groups excluding carboxylic acids is 1. The molecule has 2 heterocycles. The lowest BCUT2D eigenvalue weighted by Gasteiger charge is -2.17. The molecule has 1 fully saturated rings. The van der Waals surface area contributed by atoms with Gasteiger partial charge in [-0.05, 0) is 75.2 Å². The minimum absolute atomic E-state index is 0.133. The number of hydrogen-bond acceptors (Lipinski definition) is 3. The Morgan fingerprint density at radius 1 is 0.964 bits per heavy atom. The molecule has 1 N–H and O–H groups in total. The first-order valence-electron chi connectivity index (χ1n) is 9.51. The zero-order valence-corrected chi connectivity index (χ0v) is 16.8. The van der Waals surface area contributed by atoms with Gasteiger partial charge in [0.15, 0.2) is 0 Å². The molecule has 2 aromatic carbocycles. The number of anilines is 2. The quantitative estimate of drug-likeness (QED) is 0.677. The van der Waals surface area contributed by atoms with Crippen LogP contribution in [0.25, 0.3) is 5.69 Å². The molecule has 5 nitrogen and oxygen atoms in total. The number of rotatable bonds is 4. The Balaban J connectivity index is 1.45. The third-order valence-corrected chi connectivity index (χ3v) is 5.72. The third-order valence-electron chi connectivity index (χ3n) is 5.17. The van der Waals surface area contributed by atoms with E-state index in [1.54, 1.807) is 16.8 Å². The molecule has 1 aliphatic rings. The van der Waals surface area contributed by atoms with Crippen LogP contribution in [0, 0.1) is 13.8 Å². The van der Waals surface area contributed by atoms with Gasteiger partial charge in [-0.1, -0.05) is 11.6 Å². The van der Waals surface area contributed by atoms with E-state index >= 15 is 0 Å². The molecule has 0 bridgehead atoms. The van der Waals surface area contributed by atoms with Crippen LogP contribution in [0.2, 0.25) is 5.02 Å². The van der Waals surface area contributed by atoms with Gasteiger partial charge in [0.2, 0.25) is 0 Å². The van der Waals surface area contributed by atoms with E-state index in [0.29, 0.717) is 10.6 Å². The zero-order chi connectivity index (χ0) is 19.7. The Morgan fingerprint density at radius 3 is 2.14 bits per heavy atom. The van der Waals surface area contributed by atoms with Gasteiger partial charge in [0, 0.05) is 30.0 Å². The van der Waals surface area contributed by atoms with Crippen molar-refractivity contribution in [3.63, 3.8) is 0 Å². The van der Waals surface area contributed by atoms with Crippen molar-refractivity contribution in [1.82, 2.24) is 9.78 Å². The van der Waals surface area contributed by atoms with Gasteiger partial charge in [-0.3, -0.25) is 4.79 Å². The van der Waals surface area contributed by atoms with E-state index in [9.17, 15) is 4.79 Å².